The molecule has 11 heavy (non-hydrogen) atoms. The van der Waals surface area contributed by atoms with Gasteiger partial charge in [-0.25, -0.2) is 8.51 Å². The summed E-state index contributed by atoms with van der Waals surface area (Å²) in [6.45, 7) is 1.86. The smallest absolute Gasteiger partial charge is 0.120 e. The molecule has 62 valence electrons. The van der Waals surface area contributed by atoms with Crippen molar-refractivity contribution in [2.45, 2.75) is 25.3 Å². The fourth-order valence-electron chi connectivity index (χ4n) is 1.00. The van der Waals surface area contributed by atoms with E-state index in [2.05, 4.69) is 6.07 Å². The third-order valence-electron chi connectivity index (χ3n) is 2.09. The maximum Gasteiger partial charge on any atom is 0.120 e. The number of nitrogens with zero attached hydrogens (tertiary/aromatic N) is 2. The van der Waals surface area contributed by atoms with E-state index in [4.69, 9.17) is 5.26 Å². The highest BCUT2D eigenvalue weighted by molar-refractivity contribution is 7.82. The van der Waals surface area contributed by atoms with Crippen molar-refractivity contribution in [2.24, 2.45) is 0 Å². The van der Waals surface area contributed by atoms with Crippen LogP contribution >= 0.6 is 0 Å². The zero-order chi connectivity index (χ0) is 8.48. The fourth-order valence-corrected chi connectivity index (χ4v) is 2.00. The molecule has 0 aromatic carbocycles. The second-order valence-corrected chi connectivity index (χ2v) is 4.52. The van der Waals surface area contributed by atoms with Crippen LogP contribution < -0.4 is 0 Å². The van der Waals surface area contributed by atoms with Crippen molar-refractivity contribution in [1.29, 1.82) is 5.26 Å². The van der Waals surface area contributed by atoms with Crippen LogP contribution in [0.3, 0.4) is 0 Å². The van der Waals surface area contributed by atoms with Crippen LogP contribution in [0.2, 0.25) is 0 Å². The molecule has 4 heteroatoms. The summed E-state index contributed by atoms with van der Waals surface area (Å²) in [4.78, 5) is 0. The Bertz CT molecular complexity index is 217. The summed E-state index contributed by atoms with van der Waals surface area (Å²) in [6, 6.07) is 2.20. The first kappa shape index (κ1) is 8.69. The molecule has 3 nitrogen and oxygen atoms in total. The Hall–Kier alpha value is -0.400. The van der Waals surface area contributed by atoms with Crippen LogP contribution in [0.5, 0.6) is 0 Å². The predicted octanol–water partition coefficient (Wildman–Crippen LogP) is 0.658. The normalized spacial score (nSPS) is 22.7. The maximum absolute atomic E-state index is 11.2. The van der Waals surface area contributed by atoms with Gasteiger partial charge in [0, 0.05) is 12.8 Å². The summed E-state index contributed by atoms with van der Waals surface area (Å²) in [6.07, 6.45) is 1.73. The minimum Gasteiger partial charge on any atom is -0.243 e. The highest BCUT2D eigenvalue weighted by Gasteiger charge is 2.49. The van der Waals surface area contributed by atoms with Crippen molar-refractivity contribution in [2.75, 3.05) is 12.8 Å². The van der Waals surface area contributed by atoms with E-state index in [-0.39, 0.29) is 5.54 Å². The summed E-state index contributed by atoms with van der Waals surface area (Å²) in [5.74, 6) is 0.597. The van der Waals surface area contributed by atoms with Gasteiger partial charge in [-0.3, -0.25) is 0 Å². The first-order valence-corrected chi connectivity index (χ1v) is 4.97. The highest BCUT2D eigenvalue weighted by Crippen LogP contribution is 2.40. The Morgan fingerprint density at radius 3 is 2.55 bits per heavy atom. The molecule has 0 N–H and O–H groups in total. The molecule has 0 heterocycles. The Kier molecular flexibility index (Phi) is 2.31. The molecule has 0 aromatic heterocycles. The van der Waals surface area contributed by atoms with Crippen molar-refractivity contribution < 1.29 is 4.21 Å². The standard InChI is InChI=1S/C7H12N2OS/c1-3-11(10)9(2)7(6-8)4-5-7/h3-5H2,1-2H3. The number of rotatable bonds is 3. The fraction of sp³-hybridized carbons (Fsp3) is 0.857. The molecule has 1 atom stereocenters. The summed E-state index contributed by atoms with van der Waals surface area (Å²) in [7, 11) is 0.792. The first-order valence-electron chi connectivity index (χ1n) is 3.70. The van der Waals surface area contributed by atoms with E-state index < -0.39 is 11.0 Å². The Morgan fingerprint density at radius 1 is 1.73 bits per heavy atom. The highest BCUT2D eigenvalue weighted by atomic mass is 32.2. The molecule has 1 aliphatic carbocycles. The molecule has 0 bridgehead atoms. The van der Waals surface area contributed by atoms with Gasteiger partial charge in [0.15, 0.2) is 0 Å². The van der Waals surface area contributed by atoms with E-state index in [0.29, 0.717) is 5.75 Å². The van der Waals surface area contributed by atoms with Gasteiger partial charge in [0.2, 0.25) is 0 Å². The lowest BCUT2D eigenvalue weighted by Gasteiger charge is -2.19. The third-order valence-corrected chi connectivity index (χ3v) is 3.54. The second kappa shape index (κ2) is 2.92. The van der Waals surface area contributed by atoms with E-state index in [1.54, 1.807) is 11.4 Å². The number of nitriles is 1. The van der Waals surface area contributed by atoms with Gasteiger partial charge in [0.25, 0.3) is 0 Å². The molecule has 1 fully saturated rings. The van der Waals surface area contributed by atoms with Crippen molar-refractivity contribution in [3.05, 3.63) is 0 Å². The molecule has 0 amide bonds. The largest absolute Gasteiger partial charge is 0.243 e. The van der Waals surface area contributed by atoms with E-state index in [0.717, 1.165) is 12.8 Å². The van der Waals surface area contributed by atoms with Crippen LogP contribution in [0.1, 0.15) is 19.8 Å². The molecular formula is C7H12N2OS. The van der Waals surface area contributed by atoms with Crippen LogP contribution in [0.15, 0.2) is 0 Å². The SMILES string of the molecule is CCS(=O)N(C)C1(C#N)CC1. The molecule has 0 radical (unpaired) electrons. The van der Waals surface area contributed by atoms with Gasteiger partial charge in [-0.05, 0) is 12.8 Å². The van der Waals surface area contributed by atoms with Gasteiger partial charge in [-0.15, -0.1) is 0 Å². The monoisotopic (exact) mass is 172 g/mol. The molecule has 1 saturated carbocycles. The number of hydrogen-bond donors (Lipinski definition) is 0. The topological polar surface area (TPSA) is 44.1 Å². The van der Waals surface area contributed by atoms with Crippen molar-refractivity contribution in [3.8, 4) is 6.07 Å². The molecular weight excluding hydrogens is 160 g/mol. The van der Waals surface area contributed by atoms with Crippen LogP contribution in [-0.2, 0) is 11.0 Å². The van der Waals surface area contributed by atoms with Crippen LogP contribution in [-0.4, -0.2) is 26.9 Å². The summed E-state index contributed by atoms with van der Waals surface area (Å²) in [5, 5.41) is 8.75. The van der Waals surface area contributed by atoms with Crippen molar-refractivity contribution in [3.63, 3.8) is 0 Å². The van der Waals surface area contributed by atoms with Crippen LogP contribution in [0.25, 0.3) is 0 Å². The quantitative estimate of drug-likeness (QED) is 0.627. The molecule has 0 spiro atoms. The molecule has 0 saturated heterocycles. The second-order valence-electron chi connectivity index (χ2n) is 2.75. The average Bonchev–Trinajstić information content (AvgIpc) is 2.82. The maximum atomic E-state index is 11.2. The van der Waals surface area contributed by atoms with Crippen LogP contribution in [0, 0.1) is 11.3 Å². The van der Waals surface area contributed by atoms with Gasteiger partial charge < -0.3 is 0 Å². The molecule has 1 unspecified atom stereocenters. The van der Waals surface area contributed by atoms with Gasteiger partial charge in [0.05, 0.1) is 17.1 Å². The zero-order valence-electron chi connectivity index (χ0n) is 6.83. The van der Waals surface area contributed by atoms with Gasteiger partial charge in [0.1, 0.15) is 5.54 Å². The first-order chi connectivity index (χ1) is 5.16. The third kappa shape index (κ3) is 1.44. The predicted molar refractivity (Wildman–Crippen MR) is 44.0 cm³/mol. The van der Waals surface area contributed by atoms with Gasteiger partial charge >= 0.3 is 0 Å². The van der Waals surface area contributed by atoms with E-state index in [1.807, 2.05) is 6.92 Å². The minimum absolute atomic E-state index is 0.388. The summed E-state index contributed by atoms with van der Waals surface area (Å²) >= 11 is 0. The van der Waals surface area contributed by atoms with Crippen molar-refractivity contribution >= 4 is 11.0 Å². The molecule has 0 aromatic rings. The Balaban J connectivity index is 2.62. The van der Waals surface area contributed by atoms with E-state index in [1.165, 1.54) is 0 Å². The van der Waals surface area contributed by atoms with Gasteiger partial charge in [-0.2, -0.15) is 5.26 Å². The molecule has 0 aliphatic heterocycles. The minimum atomic E-state index is -0.968. The lowest BCUT2D eigenvalue weighted by atomic mass is 10.3. The Labute approximate surface area is 69.6 Å². The van der Waals surface area contributed by atoms with Crippen molar-refractivity contribution in [1.82, 2.24) is 4.31 Å². The Morgan fingerprint density at radius 2 is 2.27 bits per heavy atom. The summed E-state index contributed by atoms with van der Waals surface area (Å²) < 4.78 is 12.9. The van der Waals surface area contributed by atoms with Crippen LogP contribution in [0.4, 0.5) is 0 Å². The average molecular weight is 172 g/mol. The molecule has 1 aliphatic rings. The zero-order valence-corrected chi connectivity index (χ0v) is 7.65. The number of hydrogen-bond acceptors (Lipinski definition) is 2. The summed E-state index contributed by atoms with van der Waals surface area (Å²) in [5.41, 5.74) is -0.388. The molecule has 1 rings (SSSR count). The van der Waals surface area contributed by atoms with Gasteiger partial charge in [-0.1, -0.05) is 6.92 Å². The van der Waals surface area contributed by atoms with E-state index in [9.17, 15) is 4.21 Å². The lowest BCUT2D eigenvalue weighted by molar-refractivity contribution is 0.444. The van der Waals surface area contributed by atoms with E-state index >= 15 is 0 Å². The lowest BCUT2D eigenvalue weighted by Crippen LogP contribution is -2.34.